The van der Waals surface area contributed by atoms with Gasteiger partial charge in [0.15, 0.2) is 0 Å². The van der Waals surface area contributed by atoms with E-state index in [4.69, 9.17) is 17.3 Å². The first kappa shape index (κ1) is 12.9. The number of aromatic amines is 1. The first-order valence-electron chi connectivity index (χ1n) is 5.35. The summed E-state index contributed by atoms with van der Waals surface area (Å²) >= 11 is 8.67. The Morgan fingerprint density at radius 2 is 2.22 bits per heavy atom. The maximum atomic E-state index is 11.1. The molecule has 0 radical (unpaired) electrons. The van der Waals surface area contributed by atoms with Crippen LogP contribution in [0.15, 0.2) is 30.5 Å². The average molecular weight is 280 g/mol. The number of hydrogen-bond donors (Lipinski definition) is 4. The van der Waals surface area contributed by atoms with Crippen LogP contribution >= 0.6 is 24.8 Å². The summed E-state index contributed by atoms with van der Waals surface area (Å²) in [6, 6.07) is 6.99. The predicted octanol–water partition coefficient (Wildman–Crippen LogP) is 1.97. The van der Waals surface area contributed by atoms with Gasteiger partial charge in [0, 0.05) is 23.5 Å². The number of rotatable bonds is 4. The molecule has 0 aliphatic heterocycles. The standard InChI is InChI=1S/C12H12N2O2S2/c15-11(16)10(14-12(17)18)5-7-6-13-9-4-2-1-3-8(7)9/h1-4,6,10,13H,5H2,(H,15,16)(H2,14,17,18)/t10-/m0/s1. The molecular formula is C12H12N2O2S2. The van der Waals surface area contributed by atoms with Crippen LogP contribution in [0.5, 0.6) is 0 Å². The van der Waals surface area contributed by atoms with Crippen molar-refractivity contribution < 1.29 is 9.90 Å². The van der Waals surface area contributed by atoms with Crippen molar-refractivity contribution in [1.29, 1.82) is 0 Å². The number of fused-ring (bicyclic) bond motifs is 1. The van der Waals surface area contributed by atoms with Gasteiger partial charge in [-0.25, -0.2) is 4.79 Å². The van der Waals surface area contributed by atoms with Crippen molar-refractivity contribution >= 4 is 46.0 Å². The number of carboxylic acid groups (broad SMARTS) is 1. The number of thiocarbonyl (C=S) groups is 1. The average Bonchev–Trinajstić information content (AvgIpc) is 2.71. The summed E-state index contributed by atoms with van der Waals surface area (Å²) in [4.78, 5) is 14.2. The van der Waals surface area contributed by atoms with Crippen molar-refractivity contribution in [3.8, 4) is 0 Å². The van der Waals surface area contributed by atoms with Crippen molar-refractivity contribution in [3.05, 3.63) is 36.0 Å². The molecule has 0 bridgehead atoms. The van der Waals surface area contributed by atoms with E-state index in [0.717, 1.165) is 16.5 Å². The number of benzene rings is 1. The Morgan fingerprint density at radius 1 is 1.50 bits per heavy atom. The molecule has 0 fully saturated rings. The molecule has 18 heavy (non-hydrogen) atoms. The molecule has 2 aromatic rings. The van der Waals surface area contributed by atoms with E-state index in [-0.39, 0.29) is 4.32 Å². The van der Waals surface area contributed by atoms with E-state index in [1.165, 1.54) is 0 Å². The minimum Gasteiger partial charge on any atom is -0.480 e. The van der Waals surface area contributed by atoms with E-state index < -0.39 is 12.0 Å². The molecule has 6 heteroatoms. The lowest BCUT2D eigenvalue weighted by atomic mass is 10.1. The van der Waals surface area contributed by atoms with Gasteiger partial charge in [0.2, 0.25) is 0 Å². The van der Waals surface area contributed by atoms with Crippen molar-refractivity contribution in [3.63, 3.8) is 0 Å². The maximum absolute atomic E-state index is 11.1. The topological polar surface area (TPSA) is 65.1 Å². The number of aromatic nitrogens is 1. The second-order valence-electron chi connectivity index (χ2n) is 3.90. The summed E-state index contributed by atoms with van der Waals surface area (Å²) in [5, 5.41) is 12.8. The zero-order valence-corrected chi connectivity index (χ0v) is 11.1. The second kappa shape index (κ2) is 5.41. The van der Waals surface area contributed by atoms with Crippen molar-refractivity contribution in [2.24, 2.45) is 0 Å². The summed E-state index contributed by atoms with van der Waals surface area (Å²) in [7, 11) is 0. The minimum absolute atomic E-state index is 0.183. The quantitative estimate of drug-likeness (QED) is 0.511. The number of nitrogens with one attached hydrogen (secondary N) is 2. The highest BCUT2D eigenvalue weighted by Gasteiger charge is 2.19. The van der Waals surface area contributed by atoms with Gasteiger partial charge in [0.05, 0.1) is 0 Å². The lowest BCUT2D eigenvalue weighted by Crippen LogP contribution is -2.39. The third-order valence-electron chi connectivity index (χ3n) is 2.69. The highest BCUT2D eigenvalue weighted by atomic mass is 32.1. The van der Waals surface area contributed by atoms with Crippen LogP contribution in [0.25, 0.3) is 10.9 Å². The van der Waals surface area contributed by atoms with Gasteiger partial charge >= 0.3 is 5.97 Å². The molecule has 1 atom stereocenters. The molecule has 0 aliphatic rings. The first-order valence-corrected chi connectivity index (χ1v) is 6.20. The van der Waals surface area contributed by atoms with Crippen LogP contribution in [0.4, 0.5) is 0 Å². The van der Waals surface area contributed by atoms with Gasteiger partial charge < -0.3 is 15.4 Å². The van der Waals surface area contributed by atoms with Crippen LogP contribution in [-0.4, -0.2) is 26.4 Å². The minimum atomic E-state index is -0.948. The van der Waals surface area contributed by atoms with Gasteiger partial charge in [0.1, 0.15) is 10.4 Å². The largest absolute Gasteiger partial charge is 0.480 e. The van der Waals surface area contributed by atoms with Crippen molar-refractivity contribution in [1.82, 2.24) is 10.3 Å². The first-order chi connectivity index (χ1) is 8.58. The van der Waals surface area contributed by atoms with Crippen LogP contribution in [0.1, 0.15) is 5.56 Å². The Labute approximate surface area is 115 Å². The molecule has 3 N–H and O–H groups in total. The van der Waals surface area contributed by atoms with Crippen LogP contribution in [-0.2, 0) is 11.2 Å². The molecule has 0 spiro atoms. The normalized spacial score (nSPS) is 12.3. The summed E-state index contributed by atoms with van der Waals surface area (Å²) in [6.07, 6.45) is 2.17. The van der Waals surface area contributed by atoms with Gasteiger partial charge in [-0.3, -0.25) is 0 Å². The number of carbonyl (C=O) groups is 1. The van der Waals surface area contributed by atoms with E-state index in [1.807, 2.05) is 30.5 Å². The van der Waals surface area contributed by atoms with Crippen LogP contribution in [0.3, 0.4) is 0 Å². The third kappa shape index (κ3) is 2.83. The molecule has 1 aromatic carbocycles. The van der Waals surface area contributed by atoms with Crippen molar-refractivity contribution in [2.75, 3.05) is 0 Å². The highest BCUT2D eigenvalue weighted by Crippen LogP contribution is 2.19. The summed E-state index contributed by atoms with van der Waals surface area (Å²) < 4.78 is 0.183. The molecule has 4 nitrogen and oxygen atoms in total. The Kier molecular flexibility index (Phi) is 3.88. The fraction of sp³-hybridized carbons (Fsp3) is 0.167. The zero-order valence-electron chi connectivity index (χ0n) is 9.38. The van der Waals surface area contributed by atoms with E-state index in [9.17, 15) is 4.79 Å². The molecule has 0 saturated carbocycles. The Bertz CT molecular complexity index is 595. The van der Waals surface area contributed by atoms with E-state index in [1.54, 1.807) is 0 Å². The summed E-state index contributed by atoms with van der Waals surface area (Å²) in [5.74, 6) is -0.948. The molecular weight excluding hydrogens is 268 g/mol. The zero-order chi connectivity index (χ0) is 13.1. The fourth-order valence-electron chi connectivity index (χ4n) is 1.87. The third-order valence-corrected chi connectivity index (χ3v) is 2.94. The maximum Gasteiger partial charge on any atom is 0.326 e. The summed E-state index contributed by atoms with van der Waals surface area (Å²) in [5.41, 5.74) is 1.93. The number of carboxylic acids is 1. The Balaban J connectivity index is 2.26. The summed E-state index contributed by atoms with van der Waals surface area (Å²) in [6.45, 7) is 0. The van der Waals surface area contributed by atoms with E-state index >= 15 is 0 Å². The molecule has 0 aliphatic carbocycles. The highest BCUT2D eigenvalue weighted by molar-refractivity contribution is 8.11. The number of para-hydroxylation sites is 1. The van der Waals surface area contributed by atoms with Gasteiger partial charge in [-0.1, -0.05) is 30.4 Å². The van der Waals surface area contributed by atoms with Crippen LogP contribution in [0.2, 0.25) is 0 Å². The monoisotopic (exact) mass is 280 g/mol. The predicted molar refractivity (Wildman–Crippen MR) is 78.1 cm³/mol. The van der Waals surface area contributed by atoms with Gasteiger partial charge in [-0.2, -0.15) is 0 Å². The molecule has 94 valence electrons. The van der Waals surface area contributed by atoms with Gasteiger partial charge in [0.25, 0.3) is 0 Å². The van der Waals surface area contributed by atoms with Gasteiger partial charge in [-0.15, -0.1) is 12.6 Å². The molecule has 0 unspecified atom stereocenters. The molecule has 2 rings (SSSR count). The number of thiol groups is 1. The second-order valence-corrected chi connectivity index (χ2v) is 5.06. The van der Waals surface area contributed by atoms with Crippen molar-refractivity contribution in [2.45, 2.75) is 12.5 Å². The number of H-pyrrole nitrogens is 1. The fourth-order valence-corrected chi connectivity index (χ4v) is 2.17. The SMILES string of the molecule is O=C(O)[C@H](Cc1c[nH]c2ccccc12)NC(=S)S. The molecule has 0 amide bonds. The van der Waals surface area contributed by atoms with Crippen LogP contribution < -0.4 is 5.32 Å². The van der Waals surface area contributed by atoms with Crippen LogP contribution in [0, 0.1) is 0 Å². The lowest BCUT2D eigenvalue weighted by molar-refractivity contribution is -0.138. The number of aliphatic carboxylic acids is 1. The number of hydrogen-bond acceptors (Lipinski definition) is 2. The van der Waals surface area contributed by atoms with Gasteiger partial charge in [-0.05, 0) is 11.6 Å². The molecule has 0 saturated heterocycles. The lowest BCUT2D eigenvalue weighted by Gasteiger charge is -2.13. The molecule has 1 heterocycles. The Hall–Kier alpha value is -1.53. The smallest absolute Gasteiger partial charge is 0.326 e. The Morgan fingerprint density at radius 3 is 2.89 bits per heavy atom. The van der Waals surface area contributed by atoms with E-state index in [0.29, 0.717) is 6.42 Å². The van der Waals surface area contributed by atoms with E-state index in [2.05, 4.69) is 22.9 Å². The molecule has 1 aromatic heterocycles.